The van der Waals surface area contributed by atoms with Gasteiger partial charge in [-0.15, -0.1) is 0 Å². The number of aryl methyl sites for hydroxylation is 2. The maximum absolute atomic E-state index is 12.6. The third-order valence-electron chi connectivity index (χ3n) is 4.63. The Kier molecular flexibility index (Phi) is 7.16. The van der Waals surface area contributed by atoms with Crippen LogP contribution in [0, 0.1) is 6.92 Å². The normalized spacial score (nSPS) is 11.6. The number of anilines is 1. The second kappa shape index (κ2) is 9.15. The minimum Gasteiger partial charge on any atom is -0.321 e. The molecule has 0 aromatic heterocycles. The van der Waals surface area contributed by atoms with Crippen LogP contribution >= 0.6 is 0 Å². The summed E-state index contributed by atoms with van der Waals surface area (Å²) >= 11 is 0. The van der Waals surface area contributed by atoms with Crippen LogP contribution in [0.1, 0.15) is 48.2 Å². The van der Waals surface area contributed by atoms with E-state index in [0.29, 0.717) is 12.1 Å². The van der Waals surface area contributed by atoms with Crippen LogP contribution in [0.25, 0.3) is 0 Å². The third-order valence-corrected chi connectivity index (χ3v) is 6.50. The van der Waals surface area contributed by atoms with Gasteiger partial charge in [0.1, 0.15) is 0 Å². The summed E-state index contributed by atoms with van der Waals surface area (Å²) in [5.41, 5.74) is 3.32. The molecule has 5 nitrogen and oxygen atoms in total. The summed E-state index contributed by atoms with van der Waals surface area (Å²) in [5, 5.41) is 2.96. The molecule has 0 radical (unpaired) electrons. The van der Waals surface area contributed by atoms with E-state index in [-0.39, 0.29) is 10.8 Å². The van der Waals surface area contributed by atoms with E-state index < -0.39 is 10.0 Å². The zero-order valence-electron chi connectivity index (χ0n) is 16.5. The SMILES string of the molecule is CCCCN(C)S(=O)(=O)c1ccc(C(=O)Nc2c(C)cccc2CC)cc1. The van der Waals surface area contributed by atoms with E-state index in [9.17, 15) is 13.2 Å². The van der Waals surface area contributed by atoms with Crippen LogP contribution in [0.15, 0.2) is 47.4 Å². The molecule has 1 N–H and O–H groups in total. The van der Waals surface area contributed by atoms with Gasteiger partial charge in [0.15, 0.2) is 0 Å². The zero-order valence-corrected chi connectivity index (χ0v) is 17.3. The van der Waals surface area contributed by atoms with E-state index >= 15 is 0 Å². The van der Waals surface area contributed by atoms with Crippen LogP contribution in [-0.4, -0.2) is 32.2 Å². The first-order chi connectivity index (χ1) is 12.8. The summed E-state index contributed by atoms with van der Waals surface area (Å²) in [6.07, 6.45) is 2.56. The first-order valence-electron chi connectivity index (χ1n) is 9.27. The van der Waals surface area contributed by atoms with Crippen LogP contribution in [0.3, 0.4) is 0 Å². The Morgan fingerprint density at radius 2 is 1.74 bits per heavy atom. The van der Waals surface area contributed by atoms with Gasteiger partial charge in [-0.3, -0.25) is 4.79 Å². The van der Waals surface area contributed by atoms with Crippen molar-refractivity contribution < 1.29 is 13.2 Å². The van der Waals surface area contributed by atoms with Crippen LogP contribution in [0.4, 0.5) is 5.69 Å². The summed E-state index contributed by atoms with van der Waals surface area (Å²) in [6.45, 7) is 6.50. The molecule has 0 unspecified atom stereocenters. The number of hydrogen-bond acceptors (Lipinski definition) is 3. The van der Waals surface area contributed by atoms with Gasteiger partial charge >= 0.3 is 0 Å². The van der Waals surface area contributed by atoms with E-state index in [0.717, 1.165) is 36.1 Å². The predicted octanol–water partition coefficient (Wildman–Crippen LogP) is 4.23. The number of nitrogens with one attached hydrogen (secondary N) is 1. The third kappa shape index (κ3) is 4.96. The number of para-hydroxylation sites is 1. The Hall–Kier alpha value is -2.18. The second-order valence-corrected chi connectivity index (χ2v) is 8.67. The van der Waals surface area contributed by atoms with Gasteiger partial charge in [0.2, 0.25) is 10.0 Å². The molecule has 2 rings (SSSR count). The largest absolute Gasteiger partial charge is 0.321 e. The Labute approximate surface area is 162 Å². The smallest absolute Gasteiger partial charge is 0.255 e. The summed E-state index contributed by atoms with van der Waals surface area (Å²) in [6, 6.07) is 12.0. The van der Waals surface area contributed by atoms with Crippen LogP contribution < -0.4 is 5.32 Å². The standard InChI is InChI=1S/C21H28N2O3S/c1-5-7-15-23(4)27(25,26)19-13-11-18(12-14-19)21(24)22-20-16(3)9-8-10-17(20)6-2/h8-14H,5-7,15H2,1-4H3,(H,22,24). The Morgan fingerprint density at radius 1 is 1.07 bits per heavy atom. The Bertz CT molecular complexity index is 890. The molecule has 6 heteroatoms. The zero-order chi connectivity index (χ0) is 20.0. The molecule has 0 aliphatic carbocycles. The summed E-state index contributed by atoms with van der Waals surface area (Å²) in [7, 11) is -1.95. The fraction of sp³-hybridized carbons (Fsp3) is 0.381. The number of rotatable bonds is 8. The summed E-state index contributed by atoms with van der Waals surface area (Å²) in [5.74, 6) is -0.248. The van der Waals surface area contributed by atoms with Crippen LogP contribution in [0.2, 0.25) is 0 Å². The van der Waals surface area contributed by atoms with Gasteiger partial charge in [0.25, 0.3) is 5.91 Å². The van der Waals surface area contributed by atoms with Gasteiger partial charge in [-0.2, -0.15) is 0 Å². The number of benzene rings is 2. The maximum atomic E-state index is 12.6. The lowest BCUT2D eigenvalue weighted by molar-refractivity contribution is 0.102. The monoisotopic (exact) mass is 388 g/mol. The minimum atomic E-state index is -3.53. The van der Waals surface area contributed by atoms with Crippen molar-refractivity contribution in [3.05, 3.63) is 59.2 Å². The van der Waals surface area contributed by atoms with Crippen molar-refractivity contribution >= 4 is 21.6 Å². The van der Waals surface area contributed by atoms with Crippen molar-refractivity contribution in [3.8, 4) is 0 Å². The predicted molar refractivity (Wildman–Crippen MR) is 110 cm³/mol. The molecule has 146 valence electrons. The molecular weight excluding hydrogens is 360 g/mol. The number of sulfonamides is 1. The summed E-state index contributed by atoms with van der Waals surface area (Å²) in [4.78, 5) is 12.8. The molecule has 27 heavy (non-hydrogen) atoms. The molecular formula is C21H28N2O3S. The maximum Gasteiger partial charge on any atom is 0.255 e. The van der Waals surface area contributed by atoms with Crippen molar-refractivity contribution in [2.45, 2.75) is 44.9 Å². The molecule has 0 saturated heterocycles. The lowest BCUT2D eigenvalue weighted by Gasteiger charge is -2.17. The van der Waals surface area contributed by atoms with Gasteiger partial charge in [0, 0.05) is 24.8 Å². The van der Waals surface area contributed by atoms with Gasteiger partial charge in [-0.05, 0) is 55.2 Å². The van der Waals surface area contributed by atoms with E-state index in [1.807, 2.05) is 39.0 Å². The Balaban J connectivity index is 2.19. The molecule has 1 amide bonds. The highest BCUT2D eigenvalue weighted by Gasteiger charge is 2.20. The minimum absolute atomic E-state index is 0.197. The average molecular weight is 389 g/mol. The lowest BCUT2D eigenvalue weighted by atomic mass is 10.1. The second-order valence-electron chi connectivity index (χ2n) is 6.62. The van der Waals surface area contributed by atoms with E-state index in [2.05, 4.69) is 5.32 Å². The highest BCUT2D eigenvalue weighted by atomic mass is 32.2. The molecule has 0 spiro atoms. The number of nitrogens with zero attached hydrogens (tertiary/aromatic N) is 1. The fourth-order valence-corrected chi connectivity index (χ4v) is 4.06. The molecule has 0 aliphatic heterocycles. The van der Waals surface area contributed by atoms with Crippen molar-refractivity contribution in [1.82, 2.24) is 4.31 Å². The fourth-order valence-electron chi connectivity index (χ4n) is 2.85. The number of hydrogen-bond donors (Lipinski definition) is 1. The first kappa shape index (κ1) is 21.1. The molecule has 0 fully saturated rings. The molecule has 0 saturated carbocycles. The van der Waals surface area contributed by atoms with Crippen molar-refractivity contribution in [2.24, 2.45) is 0 Å². The number of carbonyl (C=O) groups is 1. The van der Waals surface area contributed by atoms with Gasteiger partial charge in [0.05, 0.1) is 4.90 Å². The van der Waals surface area contributed by atoms with Crippen molar-refractivity contribution in [1.29, 1.82) is 0 Å². The number of carbonyl (C=O) groups excluding carboxylic acids is 1. The molecule has 0 heterocycles. The van der Waals surface area contributed by atoms with E-state index in [4.69, 9.17) is 0 Å². The molecule has 2 aromatic rings. The summed E-state index contributed by atoms with van der Waals surface area (Å²) < 4.78 is 26.5. The van der Waals surface area contributed by atoms with Crippen LogP contribution in [-0.2, 0) is 16.4 Å². The first-order valence-corrected chi connectivity index (χ1v) is 10.7. The van der Waals surface area contributed by atoms with E-state index in [1.165, 1.54) is 16.4 Å². The molecule has 0 bridgehead atoms. The Morgan fingerprint density at radius 3 is 2.33 bits per heavy atom. The van der Waals surface area contributed by atoms with E-state index in [1.54, 1.807) is 19.2 Å². The van der Waals surface area contributed by atoms with Gasteiger partial charge < -0.3 is 5.32 Å². The van der Waals surface area contributed by atoms with Gasteiger partial charge in [-0.25, -0.2) is 12.7 Å². The molecule has 0 atom stereocenters. The number of amides is 1. The van der Waals surface area contributed by atoms with Crippen molar-refractivity contribution in [3.63, 3.8) is 0 Å². The van der Waals surface area contributed by atoms with Crippen LogP contribution in [0.5, 0.6) is 0 Å². The lowest BCUT2D eigenvalue weighted by Crippen LogP contribution is -2.28. The number of unbranched alkanes of at least 4 members (excludes halogenated alkanes) is 1. The average Bonchev–Trinajstić information content (AvgIpc) is 2.67. The quantitative estimate of drug-likeness (QED) is 0.736. The van der Waals surface area contributed by atoms with Gasteiger partial charge in [-0.1, -0.05) is 38.5 Å². The van der Waals surface area contributed by atoms with Crippen molar-refractivity contribution in [2.75, 3.05) is 18.9 Å². The highest BCUT2D eigenvalue weighted by Crippen LogP contribution is 2.22. The molecule has 2 aromatic carbocycles. The molecule has 0 aliphatic rings. The highest BCUT2D eigenvalue weighted by molar-refractivity contribution is 7.89. The topological polar surface area (TPSA) is 66.5 Å².